The van der Waals surface area contributed by atoms with Crippen LogP contribution in [0.4, 0.5) is 0 Å². The van der Waals surface area contributed by atoms with Crippen molar-refractivity contribution in [2.45, 2.75) is 0 Å². The van der Waals surface area contributed by atoms with Gasteiger partial charge in [-0.15, -0.1) is 0 Å². The summed E-state index contributed by atoms with van der Waals surface area (Å²) in [7, 11) is 0. The highest BCUT2D eigenvalue weighted by Crippen LogP contribution is 2.39. The molecule has 3 rings (SSSR count). The predicted molar refractivity (Wildman–Crippen MR) is 85.8 cm³/mol. The number of rotatable bonds is 2. The van der Waals surface area contributed by atoms with Gasteiger partial charge in [0.1, 0.15) is 5.75 Å². The van der Waals surface area contributed by atoms with Crippen molar-refractivity contribution in [1.29, 1.82) is 0 Å². The van der Waals surface area contributed by atoms with Gasteiger partial charge in [0.15, 0.2) is 6.29 Å². The Morgan fingerprint density at radius 3 is 2.38 bits per heavy atom. The zero-order valence-corrected chi connectivity index (χ0v) is 12.7. The first-order chi connectivity index (χ1) is 10.0. The number of aldehydes is 1. The minimum Gasteiger partial charge on any atom is -0.507 e. The van der Waals surface area contributed by atoms with Gasteiger partial charge in [-0.25, -0.2) is 0 Å². The number of phenols is 1. The summed E-state index contributed by atoms with van der Waals surface area (Å²) in [6.07, 6.45) is 2.23. The van der Waals surface area contributed by atoms with E-state index in [1.54, 1.807) is 24.4 Å². The van der Waals surface area contributed by atoms with Crippen LogP contribution >= 0.6 is 34.8 Å². The maximum atomic E-state index is 11.0. The summed E-state index contributed by atoms with van der Waals surface area (Å²) < 4.78 is 0. The largest absolute Gasteiger partial charge is 0.507 e. The molecule has 106 valence electrons. The average molecular weight is 341 g/mol. The van der Waals surface area contributed by atoms with Crippen molar-refractivity contribution in [3.63, 3.8) is 0 Å². The van der Waals surface area contributed by atoms with Crippen LogP contribution < -0.4 is 0 Å². The Morgan fingerprint density at radius 1 is 1.10 bits per heavy atom. The quantitative estimate of drug-likeness (QED) is 0.490. The van der Waals surface area contributed by atoms with Crippen molar-refractivity contribution in [3.8, 4) is 16.9 Å². The van der Waals surface area contributed by atoms with E-state index in [4.69, 9.17) is 34.8 Å². The summed E-state index contributed by atoms with van der Waals surface area (Å²) in [5.41, 5.74) is 2.51. The van der Waals surface area contributed by atoms with Gasteiger partial charge in [0, 0.05) is 17.3 Å². The molecule has 3 nitrogen and oxygen atoms in total. The highest BCUT2D eigenvalue weighted by atomic mass is 35.5. The van der Waals surface area contributed by atoms with Crippen LogP contribution in [0.25, 0.3) is 22.0 Å². The molecule has 0 aliphatic heterocycles. The second kappa shape index (κ2) is 5.26. The minimum atomic E-state index is 0.0308. The van der Waals surface area contributed by atoms with Gasteiger partial charge in [-0.2, -0.15) is 0 Å². The number of halogens is 3. The van der Waals surface area contributed by atoms with E-state index >= 15 is 0 Å². The topological polar surface area (TPSA) is 53.1 Å². The van der Waals surface area contributed by atoms with Gasteiger partial charge < -0.3 is 10.1 Å². The fraction of sp³-hybridized carbons (Fsp3) is 0. The summed E-state index contributed by atoms with van der Waals surface area (Å²) in [6, 6.07) is 6.61. The standard InChI is InChI=1S/C15H8Cl3NO2/c16-10-3-7(4-11(17)14(10)18)9-1-2-12(21)13-8(6-20)5-19-15(9)13/h1-6,19,21H. The number of hydrogen-bond acceptors (Lipinski definition) is 2. The van der Waals surface area contributed by atoms with E-state index < -0.39 is 0 Å². The van der Waals surface area contributed by atoms with Crippen molar-refractivity contribution in [3.05, 3.63) is 51.1 Å². The maximum Gasteiger partial charge on any atom is 0.152 e. The summed E-state index contributed by atoms with van der Waals surface area (Å²) in [4.78, 5) is 14.0. The lowest BCUT2D eigenvalue weighted by molar-refractivity contribution is 0.112. The average Bonchev–Trinajstić information content (AvgIpc) is 2.89. The van der Waals surface area contributed by atoms with Gasteiger partial charge >= 0.3 is 0 Å². The van der Waals surface area contributed by atoms with Crippen molar-refractivity contribution in [1.82, 2.24) is 4.98 Å². The highest BCUT2D eigenvalue weighted by Gasteiger charge is 2.15. The monoisotopic (exact) mass is 339 g/mol. The van der Waals surface area contributed by atoms with Crippen molar-refractivity contribution >= 4 is 52.0 Å². The fourth-order valence-corrected chi connectivity index (χ4v) is 2.90. The summed E-state index contributed by atoms with van der Waals surface area (Å²) in [6.45, 7) is 0. The molecule has 0 aliphatic carbocycles. The Morgan fingerprint density at radius 2 is 1.76 bits per heavy atom. The van der Waals surface area contributed by atoms with Crippen LogP contribution in [-0.4, -0.2) is 16.4 Å². The summed E-state index contributed by atoms with van der Waals surface area (Å²) >= 11 is 18.1. The van der Waals surface area contributed by atoms with Gasteiger partial charge in [0.25, 0.3) is 0 Å². The van der Waals surface area contributed by atoms with Crippen molar-refractivity contribution < 1.29 is 9.90 Å². The number of benzene rings is 2. The number of H-pyrrole nitrogens is 1. The molecule has 1 aromatic heterocycles. The molecule has 1 heterocycles. The molecule has 2 aromatic carbocycles. The van der Waals surface area contributed by atoms with E-state index in [2.05, 4.69) is 4.98 Å². The molecule has 6 heteroatoms. The number of phenolic OH excluding ortho intramolecular Hbond substituents is 1. The van der Waals surface area contributed by atoms with Crippen molar-refractivity contribution in [2.24, 2.45) is 0 Å². The van der Waals surface area contributed by atoms with Crippen LogP contribution in [0.1, 0.15) is 10.4 Å². The van der Waals surface area contributed by atoms with E-state index in [1.807, 2.05) is 0 Å². The van der Waals surface area contributed by atoms with E-state index in [0.717, 1.165) is 11.1 Å². The molecule has 0 radical (unpaired) electrons. The fourth-order valence-electron chi connectivity index (χ4n) is 2.30. The van der Waals surface area contributed by atoms with Crippen LogP contribution in [0, 0.1) is 0 Å². The molecule has 0 bridgehead atoms. The zero-order valence-electron chi connectivity index (χ0n) is 10.5. The SMILES string of the molecule is O=Cc1c[nH]c2c(-c3cc(Cl)c(Cl)c(Cl)c3)ccc(O)c12. The molecule has 0 saturated carbocycles. The molecule has 3 aromatic rings. The maximum absolute atomic E-state index is 11.0. The third-order valence-electron chi connectivity index (χ3n) is 3.27. The Labute approximate surface area is 135 Å². The second-order valence-corrected chi connectivity index (χ2v) is 5.69. The predicted octanol–water partition coefficient (Wildman–Crippen LogP) is 5.31. The molecule has 21 heavy (non-hydrogen) atoms. The summed E-state index contributed by atoms with van der Waals surface area (Å²) in [5, 5.41) is 11.4. The molecule has 0 saturated heterocycles. The molecule has 0 atom stereocenters. The smallest absolute Gasteiger partial charge is 0.152 e. The minimum absolute atomic E-state index is 0.0308. The lowest BCUT2D eigenvalue weighted by Gasteiger charge is -2.08. The third kappa shape index (κ3) is 2.27. The molecular weight excluding hydrogens is 333 g/mol. The Hall–Kier alpha value is -1.68. The molecule has 0 amide bonds. The number of aromatic hydroxyl groups is 1. The number of hydrogen-bond donors (Lipinski definition) is 2. The van der Waals surface area contributed by atoms with E-state index in [1.165, 1.54) is 6.07 Å². The molecule has 0 unspecified atom stereocenters. The van der Waals surface area contributed by atoms with E-state index in [-0.39, 0.29) is 10.8 Å². The first-order valence-corrected chi connectivity index (χ1v) is 7.09. The second-order valence-electron chi connectivity index (χ2n) is 4.50. The molecule has 0 spiro atoms. The van der Waals surface area contributed by atoms with Gasteiger partial charge in [0.05, 0.1) is 26.0 Å². The number of aromatic nitrogens is 1. The normalized spacial score (nSPS) is 11.0. The van der Waals surface area contributed by atoms with E-state index in [0.29, 0.717) is 32.8 Å². The molecule has 0 aliphatic rings. The molecule has 2 N–H and O–H groups in total. The van der Waals surface area contributed by atoms with Gasteiger partial charge in [-0.1, -0.05) is 34.8 Å². The number of carbonyl (C=O) groups excluding carboxylic acids is 1. The number of nitrogens with one attached hydrogen (secondary N) is 1. The number of carbonyl (C=O) groups is 1. The Bertz CT molecular complexity index is 848. The third-order valence-corrected chi connectivity index (χ3v) is 4.46. The molecular formula is C15H8Cl3NO2. The lowest BCUT2D eigenvalue weighted by Crippen LogP contribution is -1.84. The van der Waals surface area contributed by atoms with E-state index in [9.17, 15) is 9.90 Å². The van der Waals surface area contributed by atoms with Gasteiger partial charge in [-0.3, -0.25) is 4.79 Å². The number of aromatic amines is 1. The first-order valence-electron chi connectivity index (χ1n) is 5.96. The zero-order chi connectivity index (χ0) is 15.1. The number of fused-ring (bicyclic) bond motifs is 1. The van der Waals surface area contributed by atoms with Crippen LogP contribution in [0.5, 0.6) is 5.75 Å². The summed E-state index contributed by atoms with van der Waals surface area (Å²) in [5.74, 6) is 0.0308. The van der Waals surface area contributed by atoms with Gasteiger partial charge in [-0.05, 0) is 29.8 Å². The lowest BCUT2D eigenvalue weighted by atomic mass is 10.0. The van der Waals surface area contributed by atoms with Gasteiger partial charge in [0.2, 0.25) is 0 Å². The molecule has 0 fully saturated rings. The van der Waals surface area contributed by atoms with Crippen LogP contribution in [-0.2, 0) is 0 Å². The first kappa shape index (κ1) is 14.3. The van der Waals surface area contributed by atoms with Crippen LogP contribution in [0.2, 0.25) is 15.1 Å². The van der Waals surface area contributed by atoms with Crippen LogP contribution in [0.15, 0.2) is 30.5 Å². The van der Waals surface area contributed by atoms with Crippen LogP contribution in [0.3, 0.4) is 0 Å². The Balaban J connectivity index is 2.34. The Kier molecular flexibility index (Phi) is 3.57. The van der Waals surface area contributed by atoms with Crippen molar-refractivity contribution in [2.75, 3.05) is 0 Å². The highest BCUT2D eigenvalue weighted by molar-refractivity contribution is 6.48.